The van der Waals surface area contributed by atoms with Gasteiger partial charge in [-0.05, 0) is 0 Å². The quantitative estimate of drug-likeness (QED) is 0.234. The normalized spacial score (nSPS) is 9.16. The molecule has 0 saturated heterocycles. The first-order valence-corrected chi connectivity index (χ1v) is 6.00. The maximum Gasteiger partial charge on any atom is 1.00 e. The Morgan fingerprint density at radius 1 is 0.421 bits per heavy atom. The van der Waals surface area contributed by atoms with Crippen molar-refractivity contribution in [1.82, 2.24) is 6.15 Å². The van der Waals surface area contributed by atoms with E-state index < -0.39 is 31.2 Å². The zero-order valence-corrected chi connectivity index (χ0v) is 18.3. The second-order valence-electron chi connectivity index (χ2n) is 1.22. The molecule has 0 spiro atoms. The summed E-state index contributed by atoms with van der Waals surface area (Å²) in [6, 6.07) is 0. The van der Waals surface area contributed by atoms with E-state index in [9.17, 15) is 0 Å². The molecule has 19 heavy (non-hydrogen) atoms. The molecule has 3 N–H and O–H groups in total. The van der Waals surface area contributed by atoms with Gasteiger partial charge in [-0.2, -0.15) is 0 Å². The van der Waals surface area contributed by atoms with Crippen molar-refractivity contribution in [1.29, 1.82) is 0 Å². The van der Waals surface area contributed by atoms with Crippen molar-refractivity contribution < 1.29 is 141 Å². The molecule has 0 unspecified atom stereocenters. The summed E-state index contributed by atoms with van der Waals surface area (Å²) in [6.07, 6.45) is 0. The van der Waals surface area contributed by atoms with Gasteiger partial charge < -0.3 is 33.5 Å². The molecule has 0 heterocycles. The molecule has 0 aromatic carbocycles. The van der Waals surface area contributed by atoms with Crippen LogP contribution >= 0.6 is 0 Å². The monoisotopic (exact) mass is 374 g/mol. The van der Waals surface area contributed by atoms with E-state index in [4.69, 9.17) is 52.6 Å². The van der Waals surface area contributed by atoms with Crippen LogP contribution in [0.4, 0.5) is 0 Å². The van der Waals surface area contributed by atoms with Crippen LogP contribution < -0.4 is 94.8 Å². The summed E-state index contributed by atoms with van der Waals surface area (Å²) in [5.41, 5.74) is 0. The zero-order valence-electron chi connectivity index (χ0n) is 9.83. The maximum absolute atomic E-state index is 8.52. The van der Waals surface area contributed by atoms with Crippen molar-refractivity contribution in [3.05, 3.63) is 0 Å². The molecule has 0 amide bonds. The Hall–Kier alpha value is 2.57. The molecule has 0 saturated carbocycles. The van der Waals surface area contributed by atoms with Crippen LogP contribution in [0.1, 0.15) is 0 Å². The zero-order chi connectivity index (χ0) is 13.5. The molecule has 0 fully saturated rings. The van der Waals surface area contributed by atoms with Crippen LogP contribution in [0.5, 0.6) is 0 Å². The fourth-order valence-corrected chi connectivity index (χ4v) is 0. The van der Waals surface area contributed by atoms with Gasteiger partial charge in [0.15, 0.2) is 0 Å². The van der Waals surface area contributed by atoms with E-state index in [2.05, 4.69) is 0 Å². The molecule has 13 nitrogen and oxygen atoms in total. The van der Waals surface area contributed by atoms with E-state index in [1.54, 1.807) is 0 Å². The molecule has 0 aliphatic carbocycles. The first-order valence-electron chi connectivity index (χ1n) is 2.00. The van der Waals surface area contributed by atoms with Crippen LogP contribution in [0.2, 0.25) is 0 Å². The third kappa shape index (κ3) is 1070. The van der Waals surface area contributed by atoms with Crippen LogP contribution in [-0.4, -0.2) is 52.6 Å². The molecule has 0 aliphatic rings. The van der Waals surface area contributed by atoms with Crippen LogP contribution in [0.15, 0.2) is 0 Å². The van der Waals surface area contributed by atoms with Crippen molar-refractivity contribution in [3.8, 4) is 0 Å². The van der Waals surface area contributed by atoms with Crippen molar-refractivity contribution in [2.45, 2.75) is 0 Å². The van der Waals surface area contributed by atoms with E-state index in [0.717, 1.165) is 0 Å². The topological polar surface area (TPSA) is 276 Å². The Morgan fingerprint density at radius 3 is 0.421 bits per heavy atom. The van der Waals surface area contributed by atoms with Crippen molar-refractivity contribution >= 4 is 31.2 Å². The van der Waals surface area contributed by atoms with Gasteiger partial charge in [-0.3, -0.25) is 25.3 Å². The van der Waals surface area contributed by atoms with Gasteiger partial charge in [-0.25, -0.2) is 0 Å². The molecular formula is H3NNa3O12S3-3. The summed E-state index contributed by atoms with van der Waals surface area (Å²) in [6.45, 7) is 0. The van der Waals surface area contributed by atoms with Crippen LogP contribution in [0.25, 0.3) is 0 Å². The van der Waals surface area contributed by atoms with Gasteiger partial charge in [0.1, 0.15) is 0 Å². The Kier molecular flexibility index (Phi) is 42.1. The second kappa shape index (κ2) is 18.6. The van der Waals surface area contributed by atoms with E-state index in [1.807, 2.05) is 0 Å². The minimum atomic E-state index is -5.17. The summed E-state index contributed by atoms with van der Waals surface area (Å²) in [5, 5.41) is 0. The largest absolute Gasteiger partial charge is 1.00 e. The minimum absolute atomic E-state index is 0. The summed E-state index contributed by atoms with van der Waals surface area (Å²) in [7, 11) is -15.5. The first-order chi connectivity index (χ1) is 6.00. The molecule has 19 heteroatoms. The molecule has 104 valence electrons. The molecule has 0 rings (SSSR count). The number of hydrogen-bond acceptors (Lipinski definition) is 13. The van der Waals surface area contributed by atoms with Gasteiger partial charge in [0.25, 0.3) is 0 Å². The average molecular weight is 374 g/mol. The third-order valence-corrected chi connectivity index (χ3v) is 0. The summed E-state index contributed by atoms with van der Waals surface area (Å²) in [4.78, 5) is 0. The van der Waals surface area contributed by atoms with Gasteiger partial charge in [0, 0.05) is 31.2 Å². The molecule has 0 bridgehead atoms. The summed E-state index contributed by atoms with van der Waals surface area (Å²) in [5.74, 6) is 0. The van der Waals surface area contributed by atoms with Gasteiger partial charge >= 0.3 is 88.7 Å². The minimum Gasteiger partial charge on any atom is -0.759 e. The predicted octanol–water partition coefficient (Wildman–Crippen LogP) is -12.8. The summed E-state index contributed by atoms with van der Waals surface area (Å²) >= 11 is 0. The predicted molar refractivity (Wildman–Crippen MR) is 36.4 cm³/mol. The Morgan fingerprint density at radius 2 is 0.421 bits per heavy atom. The maximum atomic E-state index is 8.52. The van der Waals surface area contributed by atoms with Gasteiger partial charge in [0.05, 0.1) is 0 Å². The Bertz CT molecular complexity index is 349. The second-order valence-corrected chi connectivity index (χ2v) is 3.67. The molecular weight excluding hydrogens is 371 g/mol. The SMILES string of the molecule is N.O=S(=O)([O-])[O-].O=S(=O)([O-])[O-].O=S(=O)([O-])[O-].[Na+].[Na+].[Na+]. The standard InChI is InChI=1S/H3N.3Na.3H2O4S/c;;;;3*1-5(2,3)4/h1H3;;;;3*(H2,1,2,3,4)/q;3*+1;;;/p-6. The fourth-order valence-electron chi connectivity index (χ4n) is 0. The smallest absolute Gasteiger partial charge is 0.759 e. The Balaban J connectivity index is -0.0000000206. The first kappa shape index (κ1) is 43.0. The van der Waals surface area contributed by atoms with Gasteiger partial charge in [0.2, 0.25) is 0 Å². The van der Waals surface area contributed by atoms with Crippen LogP contribution in [0, 0.1) is 0 Å². The molecule has 0 aromatic rings. The van der Waals surface area contributed by atoms with E-state index >= 15 is 0 Å². The molecule has 0 radical (unpaired) electrons. The number of hydrogen-bond donors (Lipinski definition) is 1. The summed E-state index contributed by atoms with van der Waals surface area (Å²) < 4.78 is 102. The van der Waals surface area contributed by atoms with E-state index in [0.29, 0.717) is 0 Å². The van der Waals surface area contributed by atoms with Crippen molar-refractivity contribution in [3.63, 3.8) is 0 Å². The molecule has 0 atom stereocenters. The third-order valence-electron chi connectivity index (χ3n) is 0. The molecule has 0 aliphatic heterocycles. The van der Waals surface area contributed by atoms with Crippen LogP contribution in [0.3, 0.4) is 0 Å². The Labute approximate surface area is 176 Å². The van der Waals surface area contributed by atoms with Gasteiger partial charge in [-0.15, -0.1) is 0 Å². The van der Waals surface area contributed by atoms with E-state index in [-0.39, 0.29) is 94.8 Å². The van der Waals surface area contributed by atoms with Crippen LogP contribution in [-0.2, 0) is 31.2 Å². The van der Waals surface area contributed by atoms with E-state index in [1.165, 1.54) is 0 Å². The fraction of sp³-hybridized carbons (Fsp3) is 0. The average Bonchev–Trinajstić information content (AvgIpc) is 1.41. The number of rotatable bonds is 0. The van der Waals surface area contributed by atoms with Crippen molar-refractivity contribution in [2.75, 3.05) is 0 Å². The van der Waals surface area contributed by atoms with Gasteiger partial charge in [-0.1, -0.05) is 0 Å². The molecule has 0 aromatic heterocycles. The van der Waals surface area contributed by atoms with Crippen molar-refractivity contribution in [2.24, 2.45) is 0 Å².